The molecule has 0 unspecified atom stereocenters. The van der Waals surface area contributed by atoms with Crippen molar-refractivity contribution in [1.82, 2.24) is 4.98 Å². The minimum Gasteiger partial charge on any atom is -0.369 e. The van der Waals surface area contributed by atoms with Crippen molar-refractivity contribution in [1.29, 1.82) is 0 Å². The molecule has 0 bridgehead atoms. The second-order valence-corrected chi connectivity index (χ2v) is 5.90. The predicted molar refractivity (Wildman–Crippen MR) is 86.3 cm³/mol. The van der Waals surface area contributed by atoms with Crippen LogP contribution in [0.4, 0.5) is 5.69 Å². The van der Waals surface area contributed by atoms with Gasteiger partial charge in [0.05, 0.1) is 11.4 Å². The standard InChI is InChI=1S/C14H12BrN3O2S/c15-12-7-9(5-6-17-12)14(20)18-10-3-1-2-4-11(10)21-8-13(16)19/h1-7H,8H2,(H2,16,19)(H,18,20). The first kappa shape index (κ1) is 15.5. The van der Waals surface area contributed by atoms with Crippen LogP contribution in [0.15, 0.2) is 52.1 Å². The molecule has 1 aromatic carbocycles. The molecule has 2 rings (SSSR count). The number of benzene rings is 1. The largest absolute Gasteiger partial charge is 0.369 e. The van der Waals surface area contributed by atoms with Crippen LogP contribution in [0.1, 0.15) is 10.4 Å². The van der Waals surface area contributed by atoms with E-state index >= 15 is 0 Å². The molecular formula is C14H12BrN3O2S. The molecule has 0 atom stereocenters. The predicted octanol–water partition coefficient (Wildman–Crippen LogP) is 2.67. The number of hydrogen-bond acceptors (Lipinski definition) is 4. The quantitative estimate of drug-likeness (QED) is 0.629. The number of hydrogen-bond donors (Lipinski definition) is 2. The molecular weight excluding hydrogens is 354 g/mol. The number of carbonyl (C=O) groups is 2. The summed E-state index contributed by atoms with van der Waals surface area (Å²) in [6.07, 6.45) is 1.55. The van der Waals surface area contributed by atoms with Crippen molar-refractivity contribution < 1.29 is 9.59 Å². The SMILES string of the molecule is NC(=O)CSc1ccccc1NC(=O)c1ccnc(Br)c1. The molecule has 1 aromatic heterocycles. The average molecular weight is 366 g/mol. The molecule has 7 heteroatoms. The zero-order valence-corrected chi connectivity index (χ0v) is 13.3. The number of nitrogens with zero attached hydrogens (tertiary/aromatic N) is 1. The highest BCUT2D eigenvalue weighted by Crippen LogP contribution is 2.27. The van der Waals surface area contributed by atoms with Gasteiger partial charge in [0.15, 0.2) is 0 Å². The Bertz CT molecular complexity index is 679. The van der Waals surface area contributed by atoms with Crippen molar-refractivity contribution in [3.63, 3.8) is 0 Å². The number of thioether (sulfide) groups is 1. The van der Waals surface area contributed by atoms with Gasteiger partial charge in [-0.1, -0.05) is 12.1 Å². The van der Waals surface area contributed by atoms with Gasteiger partial charge in [-0.05, 0) is 40.2 Å². The lowest BCUT2D eigenvalue weighted by Gasteiger charge is -2.10. The summed E-state index contributed by atoms with van der Waals surface area (Å²) in [5, 5.41) is 2.82. The Kier molecular flexibility index (Phi) is 5.35. The van der Waals surface area contributed by atoms with Gasteiger partial charge >= 0.3 is 0 Å². The summed E-state index contributed by atoms with van der Waals surface area (Å²) in [4.78, 5) is 27.8. The van der Waals surface area contributed by atoms with Gasteiger partial charge in [0, 0.05) is 16.7 Å². The summed E-state index contributed by atoms with van der Waals surface area (Å²) in [6.45, 7) is 0. The van der Waals surface area contributed by atoms with E-state index in [4.69, 9.17) is 5.73 Å². The minimum absolute atomic E-state index is 0.160. The third-order valence-corrected chi connectivity index (χ3v) is 4.02. The van der Waals surface area contributed by atoms with E-state index in [1.807, 2.05) is 18.2 Å². The van der Waals surface area contributed by atoms with Crippen LogP contribution >= 0.6 is 27.7 Å². The second-order valence-electron chi connectivity index (χ2n) is 4.07. The maximum Gasteiger partial charge on any atom is 0.255 e. The van der Waals surface area contributed by atoms with Crippen molar-refractivity contribution in [2.75, 3.05) is 11.1 Å². The lowest BCUT2D eigenvalue weighted by molar-refractivity contribution is -0.115. The molecule has 1 heterocycles. The fraction of sp³-hybridized carbons (Fsp3) is 0.0714. The van der Waals surface area contributed by atoms with Crippen LogP contribution in [-0.2, 0) is 4.79 Å². The fourth-order valence-electron chi connectivity index (χ4n) is 1.58. The minimum atomic E-state index is -0.404. The zero-order chi connectivity index (χ0) is 15.2. The van der Waals surface area contributed by atoms with E-state index < -0.39 is 5.91 Å². The summed E-state index contributed by atoms with van der Waals surface area (Å²) in [7, 11) is 0. The first-order chi connectivity index (χ1) is 10.1. The van der Waals surface area contributed by atoms with E-state index in [1.54, 1.807) is 24.4 Å². The van der Waals surface area contributed by atoms with Crippen molar-refractivity contribution in [2.45, 2.75) is 4.90 Å². The van der Waals surface area contributed by atoms with E-state index in [0.29, 0.717) is 15.9 Å². The molecule has 0 aliphatic rings. The lowest BCUT2D eigenvalue weighted by atomic mass is 10.2. The molecule has 0 spiro atoms. The van der Waals surface area contributed by atoms with Crippen molar-refractivity contribution in [3.05, 3.63) is 52.8 Å². The Hall–Kier alpha value is -1.86. The van der Waals surface area contributed by atoms with Gasteiger partial charge in [-0.15, -0.1) is 11.8 Å². The van der Waals surface area contributed by atoms with Gasteiger partial charge in [0.25, 0.3) is 5.91 Å². The van der Waals surface area contributed by atoms with E-state index in [1.165, 1.54) is 11.8 Å². The van der Waals surface area contributed by atoms with Gasteiger partial charge < -0.3 is 11.1 Å². The smallest absolute Gasteiger partial charge is 0.255 e. The van der Waals surface area contributed by atoms with Crippen LogP contribution in [0.2, 0.25) is 0 Å². The number of nitrogens with two attached hydrogens (primary N) is 1. The van der Waals surface area contributed by atoms with Crippen LogP contribution in [0, 0.1) is 0 Å². The van der Waals surface area contributed by atoms with Crippen molar-refractivity contribution >= 4 is 45.2 Å². The first-order valence-corrected chi connectivity index (χ1v) is 7.77. The molecule has 0 saturated carbocycles. The Morgan fingerprint density at radius 2 is 2.05 bits per heavy atom. The molecule has 0 fully saturated rings. The Balaban J connectivity index is 2.15. The van der Waals surface area contributed by atoms with Gasteiger partial charge in [-0.25, -0.2) is 4.98 Å². The van der Waals surface area contributed by atoms with E-state index in [0.717, 1.165) is 4.90 Å². The molecule has 0 aliphatic carbocycles. The maximum absolute atomic E-state index is 12.2. The number of nitrogens with one attached hydrogen (secondary N) is 1. The molecule has 5 nitrogen and oxygen atoms in total. The van der Waals surface area contributed by atoms with Gasteiger partial charge in [0.2, 0.25) is 5.91 Å². The van der Waals surface area contributed by atoms with Crippen LogP contribution in [0.3, 0.4) is 0 Å². The number of aromatic nitrogens is 1. The number of amides is 2. The lowest BCUT2D eigenvalue weighted by Crippen LogP contribution is -2.14. The van der Waals surface area contributed by atoms with E-state index in [9.17, 15) is 9.59 Å². The third kappa shape index (κ3) is 4.57. The summed E-state index contributed by atoms with van der Waals surface area (Å²) >= 11 is 4.51. The van der Waals surface area contributed by atoms with Crippen LogP contribution in [-0.4, -0.2) is 22.6 Å². The molecule has 3 N–H and O–H groups in total. The molecule has 0 saturated heterocycles. The number of halogens is 1. The summed E-state index contributed by atoms with van der Waals surface area (Å²) < 4.78 is 0.589. The highest BCUT2D eigenvalue weighted by molar-refractivity contribution is 9.10. The normalized spacial score (nSPS) is 10.1. The Morgan fingerprint density at radius 1 is 1.29 bits per heavy atom. The molecule has 2 amide bonds. The molecule has 0 aliphatic heterocycles. The maximum atomic E-state index is 12.2. The summed E-state index contributed by atoms with van der Waals surface area (Å²) in [6, 6.07) is 10.5. The van der Waals surface area contributed by atoms with Crippen LogP contribution in [0.25, 0.3) is 0 Å². The highest BCUT2D eigenvalue weighted by Gasteiger charge is 2.10. The Labute approximate surface area is 134 Å². The highest BCUT2D eigenvalue weighted by atomic mass is 79.9. The number of rotatable bonds is 5. The van der Waals surface area contributed by atoms with Gasteiger partial charge in [-0.2, -0.15) is 0 Å². The summed E-state index contributed by atoms with van der Waals surface area (Å²) in [5.74, 6) is -0.488. The number of para-hydroxylation sites is 1. The van der Waals surface area contributed by atoms with E-state index in [-0.39, 0.29) is 11.7 Å². The summed E-state index contributed by atoms with van der Waals surface area (Å²) in [5.41, 5.74) is 6.27. The molecule has 21 heavy (non-hydrogen) atoms. The van der Waals surface area contributed by atoms with Gasteiger partial charge in [-0.3, -0.25) is 9.59 Å². The molecule has 2 aromatic rings. The van der Waals surface area contributed by atoms with Gasteiger partial charge in [0.1, 0.15) is 4.60 Å². The zero-order valence-electron chi connectivity index (χ0n) is 10.9. The second kappa shape index (κ2) is 7.24. The van der Waals surface area contributed by atoms with Crippen molar-refractivity contribution in [2.24, 2.45) is 5.73 Å². The molecule has 108 valence electrons. The number of carbonyl (C=O) groups excluding carboxylic acids is 2. The topological polar surface area (TPSA) is 85.1 Å². The Morgan fingerprint density at radius 3 is 2.76 bits per heavy atom. The van der Waals surface area contributed by atoms with Crippen LogP contribution < -0.4 is 11.1 Å². The van der Waals surface area contributed by atoms with Crippen LogP contribution in [0.5, 0.6) is 0 Å². The average Bonchev–Trinajstić information content (AvgIpc) is 2.46. The first-order valence-electron chi connectivity index (χ1n) is 5.99. The van der Waals surface area contributed by atoms with E-state index in [2.05, 4.69) is 26.2 Å². The third-order valence-electron chi connectivity index (χ3n) is 2.49. The fourth-order valence-corrected chi connectivity index (χ4v) is 2.69. The number of anilines is 1. The number of primary amides is 1. The molecule has 0 radical (unpaired) electrons. The van der Waals surface area contributed by atoms with Crippen molar-refractivity contribution in [3.8, 4) is 0 Å². The monoisotopic (exact) mass is 365 g/mol. The number of pyridine rings is 1.